The number of hydrogen-bond acceptors (Lipinski definition) is 3. The first-order valence-electron chi connectivity index (χ1n) is 4.23. The van der Waals surface area contributed by atoms with Crippen LogP contribution in [-0.4, -0.2) is 28.8 Å². The number of fused-ring (bicyclic) bond motifs is 1. The standard InChI is InChI=1S/C8H13N3S/c1-9-8-6-2-4-12-5-3-7(6)10-11-8/h2-5H2,1H3,(H2,9,10,11). The van der Waals surface area contributed by atoms with Gasteiger partial charge in [0.25, 0.3) is 0 Å². The molecule has 66 valence electrons. The third kappa shape index (κ3) is 1.31. The van der Waals surface area contributed by atoms with Gasteiger partial charge in [-0.3, -0.25) is 5.10 Å². The lowest BCUT2D eigenvalue weighted by atomic mass is 10.1. The molecular weight excluding hydrogens is 170 g/mol. The minimum atomic E-state index is 1.03. The Morgan fingerprint density at radius 1 is 1.42 bits per heavy atom. The summed E-state index contributed by atoms with van der Waals surface area (Å²) in [5, 5.41) is 10.4. The third-order valence-corrected chi connectivity index (χ3v) is 3.17. The molecule has 1 aromatic heterocycles. The summed E-state index contributed by atoms with van der Waals surface area (Å²) in [5.41, 5.74) is 2.71. The first-order chi connectivity index (χ1) is 5.92. The highest BCUT2D eigenvalue weighted by atomic mass is 32.2. The van der Waals surface area contributed by atoms with Crippen molar-refractivity contribution in [1.82, 2.24) is 10.2 Å². The summed E-state index contributed by atoms with van der Waals surface area (Å²) in [7, 11) is 1.93. The predicted octanol–water partition coefficient (Wildman–Crippen LogP) is 1.28. The van der Waals surface area contributed by atoms with Crippen LogP contribution in [0.15, 0.2) is 0 Å². The maximum Gasteiger partial charge on any atom is 0.151 e. The van der Waals surface area contributed by atoms with Crippen LogP contribution in [0.2, 0.25) is 0 Å². The molecule has 12 heavy (non-hydrogen) atoms. The van der Waals surface area contributed by atoms with Gasteiger partial charge in [0.1, 0.15) is 0 Å². The fraction of sp³-hybridized carbons (Fsp3) is 0.625. The van der Waals surface area contributed by atoms with Crippen molar-refractivity contribution in [3.63, 3.8) is 0 Å². The van der Waals surface area contributed by atoms with E-state index < -0.39 is 0 Å². The number of nitrogens with zero attached hydrogens (tertiary/aromatic N) is 1. The number of anilines is 1. The van der Waals surface area contributed by atoms with Crippen molar-refractivity contribution in [3.05, 3.63) is 11.3 Å². The topological polar surface area (TPSA) is 40.7 Å². The number of nitrogens with one attached hydrogen (secondary N) is 2. The van der Waals surface area contributed by atoms with Gasteiger partial charge in [0.05, 0.1) is 0 Å². The highest BCUT2D eigenvalue weighted by Crippen LogP contribution is 2.23. The van der Waals surface area contributed by atoms with Crippen LogP contribution in [0.4, 0.5) is 5.82 Å². The van der Waals surface area contributed by atoms with Crippen LogP contribution in [0.5, 0.6) is 0 Å². The van der Waals surface area contributed by atoms with Gasteiger partial charge >= 0.3 is 0 Å². The Balaban J connectivity index is 2.32. The average Bonchev–Trinajstić information content (AvgIpc) is 2.33. The van der Waals surface area contributed by atoms with Crippen molar-refractivity contribution < 1.29 is 0 Å². The number of H-pyrrole nitrogens is 1. The molecule has 2 N–H and O–H groups in total. The molecule has 0 aromatic carbocycles. The zero-order valence-electron chi connectivity index (χ0n) is 7.18. The second-order valence-electron chi connectivity index (χ2n) is 2.89. The first kappa shape index (κ1) is 7.98. The minimum Gasteiger partial charge on any atom is -0.371 e. The quantitative estimate of drug-likeness (QED) is 0.689. The molecule has 0 fully saturated rings. The van der Waals surface area contributed by atoms with Gasteiger partial charge in [-0.2, -0.15) is 16.9 Å². The Hall–Kier alpha value is -0.640. The first-order valence-corrected chi connectivity index (χ1v) is 5.39. The monoisotopic (exact) mass is 183 g/mol. The summed E-state index contributed by atoms with van der Waals surface area (Å²) < 4.78 is 0. The Labute approximate surface area is 76.3 Å². The summed E-state index contributed by atoms with van der Waals surface area (Å²) in [6, 6.07) is 0. The van der Waals surface area contributed by atoms with E-state index in [1.807, 2.05) is 18.8 Å². The molecule has 0 spiro atoms. The molecule has 3 nitrogen and oxygen atoms in total. The fourth-order valence-corrected chi connectivity index (χ4v) is 2.44. The number of hydrogen-bond donors (Lipinski definition) is 2. The van der Waals surface area contributed by atoms with Crippen molar-refractivity contribution in [3.8, 4) is 0 Å². The molecule has 0 aliphatic carbocycles. The molecule has 0 atom stereocenters. The van der Waals surface area contributed by atoms with Gasteiger partial charge in [-0.15, -0.1) is 0 Å². The van der Waals surface area contributed by atoms with E-state index in [4.69, 9.17) is 0 Å². The molecule has 0 saturated heterocycles. The Morgan fingerprint density at radius 2 is 2.25 bits per heavy atom. The molecule has 1 aliphatic heterocycles. The molecule has 0 amide bonds. The summed E-state index contributed by atoms with van der Waals surface area (Å²) in [4.78, 5) is 0. The largest absolute Gasteiger partial charge is 0.371 e. The van der Waals surface area contributed by atoms with Crippen molar-refractivity contribution in [1.29, 1.82) is 0 Å². The number of rotatable bonds is 1. The van der Waals surface area contributed by atoms with Crippen molar-refractivity contribution in [2.75, 3.05) is 23.9 Å². The summed E-state index contributed by atoms with van der Waals surface area (Å²) in [5.74, 6) is 3.48. The smallest absolute Gasteiger partial charge is 0.151 e. The zero-order valence-corrected chi connectivity index (χ0v) is 8.00. The summed E-state index contributed by atoms with van der Waals surface area (Å²) in [6.45, 7) is 0. The lowest BCUT2D eigenvalue weighted by Gasteiger charge is -1.98. The summed E-state index contributed by atoms with van der Waals surface area (Å²) >= 11 is 2.02. The average molecular weight is 183 g/mol. The van der Waals surface area contributed by atoms with Gasteiger partial charge in [0.2, 0.25) is 0 Å². The van der Waals surface area contributed by atoms with Crippen LogP contribution < -0.4 is 5.32 Å². The second kappa shape index (κ2) is 3.39. The van der Waals surface area contributed by atoms with E-state index in [2.05, 4.69) is 15.5 Å². The van der Waals surface area contributed by atoms with Gasteiger partial charge in [0, 0.05) is 18.3 Å². The van der Waals surface area contributed by atoms with Crippen LogP contribution in [0.3, 0.4) is 0 Å². The van der Waals surface area contributed by atoms with E-state index in [9.17, 15) is 0 Å². The van der Waals surface area contributed by atoms with Gasteiger partial charge < -0.3 is 5.32 Å². The number of aryl methyl sites for hydroxylation is 1. The maximum atomic E-state index is 4.21. The van der Waals surface area contributed by atoms with E-state index in [1.54, 1.807) is 0 Å². The lowest BCUT2D eigenvalue weighted by Crippen LogP contribution is -1.95. The van der Waals surface area contributed by atoms with Crippen LogP contribution in [0.25, 0.3) is 0 Å². The van der Waals surface area contributed by atoms with Crippen LogP contribution in [-0.2, 0) is 12.8 Å². The van der Waals surface area contributed by atoms with Gasteiger partial charge in [0.15, 0.2) is 5.82 Å². The van der Waals surface area contributed by atoms with Crippen molar-refractivity contribution in [2.45, 2.75) is 12.8 Å². The molecule has 2 heterocycles. The highest BCUT2D eigenvalue weighted by Gasteiger charge is 2.14. The minimum absolute atomic E-state index is 1.03. The van der Waals surface area contributed by atoms with E-state index in [0.717, 1.165) is 18.7 Å². The van der Waals surface area contributed by atoms with Gasteiger partial charge in [-0.25, -0.2) is 0 Å². The number of thioether (sulfide) groups is 1. The molecule has 1 aliphatic rings. The van der Waals surface area contributed by atoms with E-state index in [0.29, 0.717) is 0 Å². The molecule has 4 heteroatoms. The van der Waals surface area contributed by atoms with Gasteiger partial charge in [-0.1, -0.05) is 0 Å². The van der Waals surface area contributed by atoms with Crippen LogP contribution >= 0.6 is 11.8 Å². The summed E-state index contributed by atoms with van der Waals surface area (Å²) in [6.07, 6.45) is 2.28. The van der Waals surface area contributed by atoms with E-state index in [-0.39, 0.29) is 0 Å². The highest BCUT2D eigenvalue weighted by molar-refractivity contribution is 7.99. The molecule has 0 saturated carbocycles. The predicted molar refractivity (Wildman–Crippen MR) is 52.9 cm³/mol. The van der Waals surface area contributed by atoms with Crippen molar-refractivity contribution in [2.24, 2.45) is 0 Å². The number of aromatic amines is 1. The molecular formula is C8H13N3S. The lowest BCUT2D eigenvalue weighted by molar-refractivity contribution is 0.975. The molecule has 1 aromatic rings. The second-order valence-corrected chi connectivity index (χ2v) is 4.12. The molecule has 2 rings (SSSR count). The Bertz CT molecular complexity index is 269. The molecule has 0 radical (unpaired) electrons. The third-order valence-electron chi connectivity index (χ3n) is 2.18. The van der Waals surface area contributed by atoms with E-state index >= 15 is 0 Å². The maximum absolute atomic E-state index is 4.21. The normalized spacial score (nSPS) is 16.8. The zero-order chi connectivity index (χ0) is 8.39. The van der Waals surface area contributed by atoms with Crippen LogP contribution in [0.1, 0.15) is 11.3 Å². The fourth-order valence-electron chi connectivity index (χ4n) is 1.53. The van der Waals surface area contributed by atoms with Gasteiger partial charge in [-0.05, 0) is 24.3 Å². The Kier molecular flexibility index (Phi) is 2.26. The van der Waals surface area contributed by atoms with Crippen molar-refractivity contribution >= 4 is 17.6 Å². The van der Waals surface area contributed by atoms with E-state index in [1.165, 1.54) is 22.8 Å². The molecule has 0 unspecified atom stereocenters. The Morgan fingerprint density at radius 3 is 3.08 bits per heavy atom. The van der Waals surface area contributed by atoms with Crippen LogP contribution in [0, 0.1) is 0 Å². The molecule has 0 bridgehead atoms. The SMILES string of the molecule is CNc1n[nH]c2c1CCSCC2. The number of aromatic nitrogens is 2.